The number of aryl methyl sites for hydroxylation is 1. The molecule has 0 aromatic carbocycles. The van der Waals surface area contributed by atoms with Gasteiger partial charge in [0.05, 0.1) is 12.5 Å². The number of H-pyrrole nitrogens is 2. The van der Waals surface area contributed by atoms with Crippen molar-refractivity contribution < 1.29 is 0 Å². The lowest BCUT2D eigenvalue weighted by Crippen LogP contribution is -2.00. The zero-order valence-electron chi connectivity index (χ0n) is 6.40. The molecule has 0 spiro atoms. The maximum atomic E-state index is 10.7. The number of hydrogen-bond acceptors (Lipinski definition) is 3. The summed E-state index contributed by atoms with van der Waals surface area (Å²) in [6.07, 6.45) is 3.27. The monoisotopic (exact) mass is 165 g/mol. The fourth-order valence-electron chi connectivity index (χ4n) is 0.977. The minimum absolute atomic E-state index is 0.314. The fourth-order valence-corrected chi connectivity index (χ4v) is 0.977. The van der Waals surface area contributed by atoms with Crippen LogP contribution in [-0.2, 0) is 7.05 Å². The van der Waals surface area contributed by atoms with Crippen molar-refractivity contribution in [1.82, 2.24) is 24.7 Å². The highest BCUT2D eigenvalue weighted by Gasteiger charge is 2.04. The van der Waals surface area contributed by atoms with E-state index in [9.17, 15) is 4.79 Å². The zero-order valence-corrected chi connectivity index (χ0v) is 6.40. The van der Waals surface area contributed by atoms with E-state index in [4.69, 9.17) is 0 Å². The van der Waals surface area contributed by atoms with Crippen LogP contribution in [0.2, 0.25) is 0 Å². The molecule has 0 aliphatic rings. The molecule has 0 radical (unpaired) electrons. The summed E-state index contributed by atoms with van der Waals surface area (Å²) in [6.45, 7) is 0. The van der Waals surface area contributed by atoms with Gasteiger partial charge in [0.15, 0.2) is 5.82 Å². The van der Waals surface area contributed by atoms with Gasteiger partial charge in [-0.15, -0.1) is 0 Å². The van der Waals surface area contributed by atoms with E-state index in [-0.39, 0.29) is 5.69 Å². The minimum Gasteiger partial charge on any atom is -0.331 e. The molecule has 0 unspecified atom stereocenters. The maximum absolute atomic E-state index is 10.7. The van der Waals surface area contributed by atoms with Gasteiger partial charge in [0.25, 0.3) is 0 Å². The van der Waals surface area contributed by atoms with Gasteiger partial charge in [0, 0.05) is 7.05 Å². The lowest BCUT2D eigenvalue weighted by molar-refractivity contribution is 0.909. The van der Waals surface area contributed by atoms with Crippen molar-refractivity contribution in [3.8, 4) is 11.5 Å². The van der Waals surface area contributed by atoms with Crippen molar-refractivity contribution in [3.63, 3.8) is 0 Å². The molecule has 6 nitrogen and oxygen atoms in total. The summed E-state index contributed by atoms with van der Waals surface area (Å²) in [5, 5.41) is 6.05. The van der Waals surface area contributed by atoms with Crippen LogP contribution in [0.3, 0.4) is 0 Å². The first-order valence-corrected chi connectivity index (χ1v) is 3.39. The van der Waals surface area contributed by atoms with Crippen LogP contribution in [0.15, 0.2) is 17.3 Å². The van der Waals surface area contributed by atoms with Crippen molar-refractivity contribution in [1.29, 1.82) is 0 Å². The third kappa shape index (κ3) is 0.931. The van der Waals surface area contributed by atoms with Crippen molar-refractivity contribution in [2.75, 3.05) is 0 Å². The number of aromatic nitrogens is 5. The summed E-state index contributed by atoms with van der Waals surface area (Å²) in [5.74, 6) is 0.500. The molecule has 0 amide bonds. The molecule has 0 atom stereocenters. The largest absolute Gasteiger partial charge is 0.340 e. The molecule has 0 saturated carbocycles. The molecule has 0 aliphatic carbocycles. The zero-order chi connectivity index (χ0) is 8.55. The Morgan fingerprint density at radius 2 is 2.42 bits per heavy atom. The standard InChI is InChI=1S/C6H7N5O/c1-11-3-7-2-4(11)5-8-6(12)10-9-5/h2-3H,1H3,(H2,8,9,10,12). The van der Waals surface area contributed by atoms with Gasteiger partial charge in [-0.1, -0.05) is 0 Å². The van der Waals surface area contributed by atoms with Crippen LogP contribution >= 0.6 is 0 Å². The summed E-state index contributed by atoms with van der Waals surface area (Å²) in [7, 11) is 1.83. The minimum atomic E-state index is -0.314. The van der Waals surface area contributed by atoms with Crippen molar-refractivity contribution >= 4 is 0 Å². The third-order valence-corrected chi connectivity index (χ3v) is 1.56. The van der Waals surface area contributed by atoms with E-state index in [1.807, 2.05) is 7.05 Å². The van der Waals surface area contributed by atoms with E-state index in [1.165, 1.54) is 0 Å². The number of nitrogens with zero attached hydrogens (tertiary/aromatic N) is 3. The van der Waals surface area contributed by atoms with E-state index in [0.29, 0.717) is 5.82 Å². The van der Waals surface area contributed by atoms with Crippen LogP contribution in [-0.4, -0.2) is 24.7 Å². The van der Waals surface area contributed by atoms with Gasteiger partial charge in [0.2, 0.25) is 0 Å². The van der Waals surface area contributed by atoms with Crippen LogP contribution in [0.1, 0.15) is 0 Å². The summed E-state index contributed by atoms with van der Waals surface area (Å²) in [4.78, 5) is 17.1. The van der Waals surface area contributed by atoms with Gasteiger partial charge in [-0.3, -0.25) is 4.98 Å². The average Bonchev–Trinajstić information content (AvgIpc) is 2.58. The van der Waals surface area contributed by atoms with Gasteiger partial charge in [-0.2, -0.15) is 5.10 Å². The Hall–Kier alpha value is -1.85. The quantitative estimate of drug-likeness (QED) is 0.597. The molecule has 2 aromatic heterocycles. The van der Waals surface area contributed by atoms with Crippen LogP contribution < -0.4 is 5.69 Å². The normalized spacial score (nSPS) is 10.4. The molecule has 12 heavy (non-hydrogen) atoms. The van der Waals surface area contributed by atoms with Gasteiger partial charge in [-0.05, 0) is 0 Å². The Morgan fingerprint density at radius 3 is 2.92 bits per heavy atom. The second kappa shape index (κ2) is 2.33. The molecule has 0 saturated heterocycles. The number of hydrogen-bond donors (Lipinski definition) is 2. The highest BCUT2D eigenvalue weighted by Crippen LogP contribution is 2.08. The molecule has 6 heteroatoms. The first-order chi connectivity index (χ1) is 5.77. The molecule has 2 N–H and O–H groups in total. The Morgan fingerprint density at radius 1 is 1.58 bits per heavy atom. The lowest BCUT2D eigenvalue weighted by atomic mass is 10.4. The lowest BCUT2D eigenvalue weighted by Gasteiger charge is -1.93. The number of imidazole rings is 1. The topological polar surface area (TPSA) is 79.4 Å². The molecule has 2 aromatic rings. The van der Waals surface area contributed by atoms with E-state index in [0.717, 1.165) is 5.69 Å². The highest BCUT2D eigenvalue weighted by atomic mass is 16.1. The van der Waals surface area contributed by atoms with Crippen molar-refractivity contribution in [2.24, 2.45) is 7.05 Å². The van der Waals surface area contributed by atoms with Crippen molar-refractivity contribution in [3.05, 3.63) is 23.0 Å². The number of aromatic amines is 2. The Kier molecular flexibility index (Phi) is 1.33. The Balaban J connectivity index is 2.57. The Labute approximate surface area is 67.3 Å². The van der Waals surface area contributed by atoms with E-state index in [2.05, 4.69) is 20.2 Å². The third-order valence-electron chi connectivity index (χ3n) is 1.56. The summed E-state index contributed by atoms with van der Waals surface area (Å²) in [6, 6.07) is 0. The van der Waals surface area contributed by atoms with Gasteiger partial charge < -0.3 is 4.57 Å². The van der Waals surface area contributed by atoms with E-state index in [1.54, 1.807) is 17.1 Å². The maximum Gasteiger partial charge on any atom is 0.340 e. The van der Waals surface area contributed by atoms with Gasteiger partial charge in [-0.25, -0.2) is 14.9 Å². The molecule has 0 bridgehead atoms. The predicted octanol–water partition coefficient (Wildman–Crippen LogP) is -0.502. The van der Waals surface area contributed by atoms with Crippen LogP contribution in [0.25, 0.3) is 11.5 Å². The average molecular weight is 165 g/mol. The first kappa shape index (κ1) is 6.84. The highest BCUT2D eigenvalue weighted by molar-refractivity contribution is 5.46. The second-order valence-electron chi connectivity index (χ2n) is 2.42. The second-order valence-corrected chi connectivity index (χ2v) is 2.42. The van der Waals surface area contributed by atoms with Crippen LogP contribution in [0, 0.1) is 0 Å². The van der Waals surface area contributed by atoms with Gasteiger partial charge >= 0.3 is 5.69 Å². The van der Waals surface area contributed by atoms with E-state index >= 15 is 0 Å². The smallest absolute Gasteiger partial charge is 0.331 e. The first-order valence-electron chi connectivity index (χ1n) is 3.39. The summed E-state index contributed by atoms with van der Waals surface area (Å²) < 4.78 is 1.77. The molecule has 62 valence electrons. The summed E-state index contributed by atoms with van der Waals surface area (Å²) >= 11 is 0. The molecular weight excluding hydrogens is 158 g/mol. The van der Waals surface area contributed by atoms with Crippen molar-refractivity contribution in [2.45, 2.75) is 0 Å². The molecule has 0 fully saturated rings. The number of nitrogens with one attached hydrogen (secondary N) is 2. The Bertz CT molecular complexity index is 436. The van der Waals surface area contributed by atoms with Gasteiger partial charge in [0.1, 0.15) is 5.69 Å². The molecule has 2 rings (SSSR count). The van der Waals surface area contributed by atoms with Crippen LogP contribution in [0.5, 0.6) is 0 Å². The SMILES string of the molecule is Cn1cncc1-c1n[nH]c(=O)[nH]1. The van der Waals surface area contributed by atoms with Crippen LogP contribution in [0.4, 0.5) is 0 Å². The fraction of sp³-hybridized carbons (Fsp3) is 0.167. The molecule has 2 heterocycles. The predicted molar refractivity (Wildman–Crippen MR) is 41.4 cm³/mol. The molecular formula is C6H7N5O. The van der Waals surface area contributed by atoms with E-state index < -0.39 is 0 Å². The molecule has 0 aliphatic heterocycles. The number of rotatable bonds is 1. The summed E-state index contributed by atoms with van der Waals surface area (Å²) in [5.41, 5.74) is 0.458.